The first kappa shape index (κ1) is 21.4. The minimum absolute atomic E-state index is 0.241. The molecular formula is C22H40O2. The first-order valence-electron chi connectivity index (χ1n) is 10.8. The smallest absolute Gasteiger partial charge is 0.143 e. The SMILES string of the molecule is CCCCCCCCC1C(=O)CCCCCCCCCCCC1=O. The lowest BCUT2D eigenvalue weighted by molar-refractivity contribution is -0.133. The van der Waals surface area contributed by atoms with Gasteiger partial charge in [-0.1, -0.05) is 90.4 Å². The van der Waals surface area contributed by atoms with Crippen molar-refractivity contribution in [3.8, 4) is 0 Å². The van der Waals surface area contributed by atoms with E-state index in [9.17, 15) is 9.59 Å². The van der Waals surface area contributed by atoms with Gasteiger partial charge in [-0.05, 0) is 19.3 Å². The van der Waals surface area contributed by atoms with Crippen LogP contribution in [0.4, 0.5) is 0 Å². The van der Waals surface area contributed by atoms with E-state index >= 15 is 0 Å². The zero-order chi connectivity index (χ0) is 17.5. The number of carbonyl (C=O) groups is 2. The lowest BCUT2D eigenvalue weighted by atomic mass is 9.87. The van der Waals surface area contributed by atoms with Crippen molar-refractivity contribution in [1.82, 2.24) is 0 Å². The Morgan fingerprint density at radius 2 is 1.04 bits per heavy atom. The molecule has 2 heteroatoms. The fourth-order valence-corrected chi connectivity index (χ4v) is 3.81. The molecule has 1 rings (SSSR count). The van der Waals surface area contributed by atoms with Crippen LogP contribution >= 0.6 is 0 Å². The molecule has 1 saturated carbocycles. The van der Waals surface area contributed by atoms with Crippen LogP contribution in [-0.4, -0.2) is 11.6 Å². The lowest BCUT2D eigenvalue weighted by Gasteiger charge is -2.15. The van der Waals surface area contributed by atoms with Gasteiger partial charge in [0.25, 0.3) is 0 Å². The molecule has 24 heavy (non-hydrogen) atoms. The quantitative estimate of drug-likeness (QED) is 0.378. The number of carbonyl (C=O) groups excluding carboxylic acids is 2. The van der Waals surface area contributed by atoms with E-state index in [0.717, 1.165) is 38.5 Å². The molecule has 0 unspecified atom stereocenters. The molecule has 0 N–H and O–H groups in total. The second-order valence-corrected chi connectivity index (χ2v) is 7.72. The minimum atomic E-state index is -0.279. The average molecular weight is 337 g/mol. The van der Waals surface area contributed by atoms with Gasteiger partial charge in [0.05, 0.1) is 5.92 Å². The van der Waals surface area contributed by atoms with Crippen molar-refractivity contribution >= 4 is 11.6 Å². The fraction of sp³-hybridized carbons (Fsp3) is 0.909. The van der Waals surface area contributed by atoms with Crippen molar-refractivity contribution in [2.24, 2.45) is 5.92 Å². The predicted molar refractivity (Wildman–Crippen MR) is 102 cm³/mol. The molecule has 0 bridgehead atoms. The zero-order valence-corrected chi connectivity index (χ0v) is 16.1. The predicted octanol–water partition coefficient (Wildman–Crippen LogP) is 6.80. The van der Waals surface area contributed by atoms with Crippen LogP contribution in [0.2, 0.25) is 0 Å². The third-order valence-electron chi connectivity index (χ3n) is 5.47. The molecule has 0 atom stereocenters. The maximum atomic E-state index is 12.5. The largest absolute Gasteiger partial charge is 0.299 e. The van der Waals surface area contributed by atoms with Gasteiger partial charge in [0.2, 0.25) is 0 Å². The summed E-state index contributed by atoms with van der Waals surface area (Å²) in [5.74, 6) is 0.204. The van der Waals surface area contributed by atoms with Gasteiger partial charge >= 0.3 is 0 Å². The summed E-state index contributed by atoms with van der Waals surface area (Å²) in [5, 5.41) is 0. The van der Waals surface area contributed by atoms with Crippen LogP contribution in [0.1, 0.15) is 122 Å². The molecule has 1 aliphatic carbocycles. The van der Waals surface area contributed by atoms with Gasteiger partial charge in [0.15, 0.2) is 0 Å². The van der Waals surface area contributed by atoms with Crippen molar-refractivity contribution in [1.29, 1.82) is 0 Å². The van der Waals surface area contributed by atoms with Crippen molar-refractivity contribution in [2.75, 3.05) is 0 Å². The molecular weight excluding hydrogens is 296 g/mol. The van der Waals surface area contributed by atoms with E-state index in [1.54, 1.807) is 0 Å². The Kier molecular flexibility index (Phi) is 13.1. The second kappa shape index (κ2) is 14.7. The van der Waals surface area contributed by atoms with E-state index in [1.165, 1.54) is 64.2 Å². The number of unbranched alkanes of at least 4 members (excludes halogenated alkanes) is 5. The molecule has 1 fully saturated rings. The van der Waals surface area contributed by atoms with E-state index in [4.69, 9.17) is 0 Å². The van der Waals surface area contributed by atoms with Crippen molar-refractivity contribution < 1.29 is 9.59 Å². The third kappa shape index (κ3) is 10.3. The molecule has 0 aromatic rings. The molecule has 2 nitrogen and oxygen atoms in total. The first-order valence-corrected chi connectivity index (χ1v) is 10.8. The third-order valence-corrected chi connectivity index (χ3v) is 5.47. The van der Waals surface area contributed by atoms with E-state index < -0.39 is 0 Å². The normalized spacial score (nSPS) is 20.0. The molecule has 0 aliphatic heterocycles. The van der Waals surface area contributed by atoms with Crippen molar-refractivity contribution in [3.63, 3.8) is 0 Å². The van der Waals surface area contributed by atoms with E-state index in [2.05, 4.69) is 6.92 Å². The number of hydrogen-bond donors (Lipinski definition) is 0. The Morgan fingerprint density at radius 1 is 0.625 bits per heavy atom. The van der Waals surface area contributed by atoms with Crippen LogP contribution < -0.4 is 0 Å². The molecule has 0 amide bonds. The number of ketones is 2. The van der Waals surface area contributed by atoms with Gasteiger partial charge in [0, 0.05) is 12.8 Å². The van der Waals surface area contributed by atoms with Crippen LogP contribution in [0.5, 0.6) is 0 Å². The van der Waals surface area contributed by atoms with Crippen molar-refractivity contribution in [2.45, 2.75) is 122 Å². The van der Waals surface area contributed by atoms with Gasteiger partial charge in [-0.3, -0.25) is 9.59 Å². The monoisotopic (exact) mass is 336 g/mol. The lowest BCUT2D eigenvalue weighted by Crippen LogP contribution is -2.24. The molecule has 0 radical (unpaired) electrons. The summed E-state index contributed by atoms with van der Waals surface area (Å²) in [7, 11) is 0. The summed E-state index contributed by atoms with van der Waals surface area (Å²) in [5.41, 5.74) is 0. The maximum Gasteiger partial charge on any atom is 0.143 e. The van der Waals surface area contributed by atoms with E-state index in [0.29, 0.717) is 12.8 Å². The Morgan fingerprint density at radius 3 is 1.54 bits per heavy atom. The van der Waals surface area contributed by atoms with Crippen LogP contribution in [-0.2, 0) is 9.59 Å². The number of rotatable bonds is 7. The summed E-state index contributed by atoms with van der Waals surface area (Å²) in [6.07, 6.45) is 20.2. The highest BCUT2D eigenvalue weighted by atomic mass is 16.1. The summed E-state index contributed by atoms with van der Waals surface area (Å²) in [6, 6.07) is 0. The van der Waals surface area contributed by atoms with Gasteiger partial charge in [-0.2, -0.15) is 0 Å². The van der Waals surface area contributed by atoms with Crippen LogP contribution in [0.15, 0.2) is 0 Å². The Labute approximate surface area is 150 Å². The average Bonchev–Trinajstić information content (AvgIpc) is 2.58. The summed E-state index contributed by atoms with van der Waals surface area (Å²) in [6.45, 7) is 2.23. The highest BCUT2D eigenvalue weighted by Gasteiger charge is 2.24. The molecule has 1 aliphatic rings. The molecule has 0 saturated heterocycles. The molecule has 0 spiro atoms. The molecule has 0 aromatic heterocycles. The van der Waals surface area contributed by atoms with E-state index in [1.807, 2.05) is 0 Å². The molecule has 0 heterocycles. The van der Waals surface area contributed by atoms with E-state index in [-0.39, 0.29) is 17.5 Å². The van der Waals surface area contributed by atoms with Crippen LogP contribution in [0.25, 0.3) is 0 Å². The highest BCUT2D eigenvalue weighted by Crippen LogP contribution is 2.21. The summed E-state index contributed by atoms with van der Waals surface area (Å²) < 4.78 is 0. The topological polar surface area (TPSA) is 34.1 Å². The van der Waals surface area contributed by atoms with Gasteiger partial charge < -0.3 is 0 Å². The Bertz CT molecular complexity index is 311. The second-order valence-electron chi connectivity index (χ2n) is 7.72. The Hall–Kier alpha value is -0.660. The number of Topliss-reactive ketones (excluding diaryl/α,β-unsaturated/α-hetero) is 2. The molecule has 0 aromatic carbocycles. The van der Waals surface area contributed by atoms with Gasteiger partial charge in [0.1, 0.15) is 11.6 Å². The number of hydrogen-bond acceptors (Lipinski definition) is 2. The first-order chi connectivity index (χ1) is 11.8. The van der Waals surface area contributed by atoms with Crippen molar-refractivity contribution in [3.05, 3.63) is 0 Å². The van der Waals surface area contributed by atoms with Crippen LogP contribution in [0.3, 0.4) is 0 Å². The fourth-order valence-electron chi connectivity index (χ4n) is 3.81. The summed E-state index contributed by atoms with van der Waals surface area (Å²) in [4.78, 5) is 25.1. The molecule has 140 valence electrons. The summed E-state index contributed by atoms with van der Waals surface area (Å²) >= 11 is 0. The van der Waals surface area contributed by atoms with Crippen LogP contribution in [0, 0.1) is 5.92 Å². The van der Waals surface area contributed by atoms with Gasteiger partial charge in [-0.15, -0.1) is 0 Å². The maximum absolute atomic E-state index is 12.5. The highest BCUT2D eigenvalue weighted by molar-refractivity contribution is 6.02. The zero-order valence-electron chi connectivity index (χ0n) is 16.1. The van der Waals surface area contributed by atoms with Gasteiger partial charge in [-0.25, -0.2) is 0 Å². The minimum Gasteiger partial charge on any atom is -0.299 e. The Balaban J connectivity index is 2.41. The standard InChI is InChI=1S/C22H40O2/c1-2-3-4-5-11-14-17-20-21(23)18-15-12-9-7-6-8-10-13-16-19-22(20)24/h20H,2-19H2,1H3.